The van der Waals surface area contributed by atoms with Crippen molar-refractivity contribution in [2.75, 3.05) is 41.5 Å². The van der Waals surface area contributed by atoms with Gasteiger partial charge in [0.05, 0.1) is 51.9 Å². The lowest BCUT2D eigenvalue weighted by molar-refractivity contribution is -0.873. The predicted molar refractivity (Wildman–Crippen MR) is 83.4 cm³/mol. The van der Waals surface area contributed by atoms with Crippen LogP contribution in [0.15, 0.2) is 18.2 Å². The molecule has 1 aliphatic rings. The molecular weight excluding hydrogens is 322 g/mol. The zero-order chi connectivity index (χ0) is 14.7. The number of ether oxygens (including phenoxy) is 3. The number of hydrogen-bond acceptors (Lipinski definition) is 3. The third-order valence-electron chi connectivity index (χ3n) is 3.54. The largest absolute Gasteiger partial charge is 0.496 e. The van der Waals surface area contributed by atoms with Crippen LogP contribution in [-0.2, 0) is 0 Å². The maximum absolute atomic E-state index is 5.53. The molecule has 5 heteroatoms. The van der Waals surface area contributed by atoms with Gasteiger partial charge >= 0.3 is 0 Å². The third-order valence-corrected chi connectivity index (χ3v) is 4.36. The number of halogens is 1. The fourth-order valence-electron chi connectivity index (χ4n) is 2.46. The van der Waals surface area contributed by atoms with Gasteiger partial charge in [0.25, 0.3) is 0 Å². The van der Waals surface area contributed by atoms with E-state index in [1.807, 2.05) is 12.1 Å². The fourth-order valence-corrected chi connectivity index (χ4v) is 3.43. The molecule has 0 fully saturated rings. The Hall–Kier alpha value is -1.20. The van der Waals surface area contributed by atoms with Crippen molar-refractivity contribution in [3.8, 4) is 17.2 Å². The van der Waals surface area contributed by atoms with E-state index in [9.17, 15) is 0 Å². The number of alkyl halides is 1. The molecular formula is C15H21BrNO3+. The molecule has 1 aromatic rings. The first-order valence-corrected chi connectivity index (χ1v) is 7.48. The van der Waals surface area contributed by atoms with E-state index in [2.05, 4.69) is 29.1 Å². The van der Waals surface area contributed by atoms with Gasteiger partial charge in [-0.1, -0.05) is 15.9 Å². The van der Waals surface area contributed by atoms with E-state index in [-0.39, 0.29) is 4.83 Å². The van der Waals surface area contributed by atoms with Crippen LogP contribution >= 0.6 is 15.9 Å². The molecule has 0 amide bonds. The average Bonchev–Trinajstić information content (AvgIpc) is 2.46. The molecule has 0 aromatic heterocycles. The van der Waals surface area contributed by atoms with E-state index >= 15 is 0 Å². The summed E-state index contributed by atoms with van der Waals surface area (Å²) in [7, 11) is 7.16. The van der Waals surface area contributed by atoms with E-state index in [4.69, 9.17) is 14.2 Å². The Balaban J connectivity index is 2.54. The van der Waals surface area contributed by atoms with Crippen LogP contribution in [0, 0.1) is 0 Å². The van der Waals surface area contributed by atoms with Crippen molar-refractivity contribution in [1.29, 1.82) is 0 Å². The van der Waals surface area contributed by atoms with E-state index in [0.29, 0.717) is 0 Å². The zero-order valence-electron chi connectivity index (χ0n) is 12.3. The number of benzene rings is 1. The monoisotopic (exact) mass is 342 g/mol. The van der Waals surface area contributed by atoms with Gasteiger partial charge in [-0.2, -0.15) is 0 Å². The van der Waals surface area contributed by atoms with Gasteiger partial charge in [0.1, 0.15) is 17.2 Å². The summed E-state index contributed by atoms with van der Waals surface area (Å²) < 4.78 is 16.4. The number of hydrogen-bond donors (Lipinski definition) is 1. The highest BCUT2D eigenvalue weighted by atomic mass is 79.9. The number of methoxy groups -OCH3 is 3. The summed E-state index contributed by atoms with van der Waals surface area (Å²) in [4.78, 5) is 1.76. The van der Waals surface area contributed by atoms with Crippen molar-refractivity contribution in [2.24, 2.45) is 0 Å². The second-order valence-electron chi connectivity index (χ2n) is 4.90. The van der Waals surface area contributed by atoms with Crippen LogP contribution in [0.25, 0.3) is 5.57 Å². The molecule has 2 rings (SSSR count). The minimum absolute atomic E-state index is 0.285. The standard InChI is InChI=1S/C15H20BrNO3/c1-17-6-5-11(12(16)9-17)15-13(19-3)7-10(18-2)8-14(15)20-4/h5,7-8,12H,6,9H2,1-4H3/p+1. The Morgan fingerprint density at radius 2 is 1.70 bits per heavy atom. The minimum Gasteiger partial charge on any atom is -0.496 e. The zero-order valence-corrected chi connectivity index (χ0v) is 13.9. The topological polar surface area (TPSA) is 32.1 Å². The highest BCUT2D eigenvalue weighted by Gasteiger charge is 2.27. The first kappa shape index (κ1) is 15.2. The van der Waals surface area contributed by atoms with Crippen molar-refractivity contribution >= 4 is 21.5 Å². The number of rotatable bonds is 4. The lowest BCUT2D eigenvalue weighted by atomic mass is 9.97. The molecule has 20 heavy (non-hydrogen) atoms. The molecule has 1 aliphatic heterocycles. The molecule has 1 N–H and O–H groups in total. The summed E-state index contributed by atoms with van der Waals surface area (Å²) in [6, 6.07) is 3.78. The van der Waals surface area contributed by atoms with Gasteiger partial charge in [-0.3, -0.25) is 0 Å². The highest BCUT2D eigenvalue weighted by Crippen LogP contribution is 2.41. The second kappa shape index (κ2) is 6.50. The molecule has 1 aromatic carbocycles. The van der Waals surface area contributed by atoms with Crippen LogP contribution < -0.4 is 19.1 Å². The molecule has 2 atom stereocenters. The van der Waals surface area contributed by atoms with Crippen LogP contribution in [-0.4, -0.2) is 46.3 Å². The summed E-state index contributed by atoms with van der Waals surface area (Å²) in [5.41, 5.74) is 2.22. The Labute approximate surface area is 128 Å². The van der Waals surface area contributed by atoms with Crippen molar-refractivity contribution < 1.29 is 19.1 Å². The predicted octanol–water partition coefficient (Wildman–Crippen LogP) is 1.39. The van der Waals surface area contributed by atoms with Gasteiger partial charge in [0, 0.05) is 12.1 Å². The molecule has 0 aliphatic carbocycles. The summed E-state index contributed by atoms with van der Waals surface area (Å²) >= 11 is 3.76. The maximum atomic E-state index is 5.53. The lowest BCUT2D eigenvalue weighted by Gasteiger charge is -2.26. The minimum atomic E-state index is 0.285. The van der Waals surface area contributed by atoms with Gasteiger partial charge in [-0.25, -0.2) is 0 Å². The Kier molecular flexibility index (Phi) is 4.94. The first-order valence-electron chi connectivity index (χ1n) is 6.56. The molecule has 0 spiro atoms. The molecule has 0 radical (unpaired) electrons. The van der Waals surface area contributed by atoms with Crippen molar-refractivity contribution in [1.82, 2.24) is 0 Å². The number of likely N-dealkylation sites (N-methyl/N-ethyl adjacent to an activating group) is 1. The third kappa shape index (κ3) is 2.94. The van der Waals surface area contributed by atoms with Crippen LogP contribution in [0.4, 0.5) is 0 Å². The molecule has 110 valence electrons. The maximum Gasteiger partial charge on any atom is 0.133 e. The van der Waals surface area contributed by atoms with E-state index in [1.165, 1.54) is 10.5 Å². The average molecular weight is 343 g/mol. The van der Waals surface area contributed by atoms with Crippen LogP contribution in [0.2, 0.25) is 0 Å². The van der Waals surface area contributed by atoms with E-state index in [0.717, 1.165) is 35.9 Å². The summed E-state index contributed by atoms with van der Waals surface area (Å²) in [5.74, 6) is 2.28. The van der Waals surface area contributed by atoms with Crippen molar-refractivity contribution in [3.63, 3.8) is 0 Å². The molecule has 2 unspecified atom stereocenters. The van der Waals surface area contributed by atoms with Gasteiger partial charge in [-0.15, -0.1) is 0 Å². The molecule has 0 bridgehead atoms. The van der Waals surface area contributed by atoms with Gasteiger partial charge in [-0.05, 0) is 11.6 Å². The van der Waals surface area contributed by atoms with Crippen LogP contribution in [0.5, 0.6) is 17.2 Å². The number of quaternary nitrogens is 1. The molecule has 0 saturated heterocycles. The summed E-state index contributed by atoms with van der Waals surface area (Å²) in [6.07, 6.45) is 2.24. The Morgan fingerprint density at radius 3 is 2.15 bits per heavy atom. The van der Waals surface area contributed by atoms with Crippen LogP contribution in [0.3, 0.4) is 0 Å². The van der Waals surface area contributed by atoms with Crippen LogP contribution in [0.1, 0.15) is 5.56 Å². The molecule has 0 saturated carbocycles. The normalized spacial score (nSPS) is 22.1. The van der Waals surface area contributed by atoms with E-state index < -0.39 is 0 Å². The first-order chi connectivity index (χ1) is 9.60. The SMILES string of the molecule is COc1cc(OC)c(C2=CC[NH+](C)CC2Br)c(OC)c1. The van der Waals surface area contributed by atoms with Gasteiger partial charge in [0.2, 0.25) is 0 Å². The van der Waals surface area contributed by atoms with E-state index in [1.54, 1.807) is 21.3 Å². The Morgan fingerprint density at radius 1 is 1.10 bits per heavy atom. The quantitative estimate of drug-likeness (QED) is 0.839. The highest BCUT2D eigenvalue weighted by molar-refractivity contribution is 9.09. The molecule has 1 heterocycles. The van der Waals surface area contributed by atoms with Crippen molar-refractivity contribution in [2.45, 2.75) is 4.83 Å². The lowest BCUT2D eigenvalue weighted by Crippen LogP contribution is -3.10. The number of nitrogens with one attached hydrogen (secondary N) is 1. The Bertz CT molecular complexity index is 491. The molecule has 4 nitrogen and oxygen atoms in total. The fraction of sp³-hybridized carbons (Fsp3) is 0.467. The second-order valence-corrected chi connectivity index (χ2v) is 6.00. The van der Waals surface area contributed by atoms with Gasteiger partial charge < -0.3 is 19.1 Å². The summed E-state index contributed by atoms with van der Waals surface area (Å²) in [5, 5.41) is 0. The van der Waals surface area contributed by atoms with Gasteiger partial charge in [0.15, 0.2) is 0 Å². The smallest absolute Gasteiger partial charge is 0.133 e. The summed E-state index contributed by atoms with van der Waals surface area (Å²) in [6.45, 7) is 2.03. The van der Waals surface area contributed by atoms with Crippen molar-refractivity contribution in [3.05, 3.63) is 23.8 Å².